The molecule has 0 aromatic heterocycles. The maximum atomic E-state index is 14.7. The first kappa shape index (κ1) is 23.7. The van der Waals surface area contributed by atoms with Gasteiger partial charge >= 0.3 is 0 Å². The van der Waals surface area contributed by atoms with E-state index in [-0.39, 0.29) is 17.1 Å². The molecule has 1 heterocycles. The van der Waals surface area contributed by atoms with E-state index in [1.807, 2.05) is 6.07 Å². The molecule has 2 nitrogen and oxygen atoms in total. The lowest BCUT2D eigenvalue weighted by Crippen LogP contribution is -2.38. The minimum absolute atomic E-state index is 0.0246. The van der Waals surface area contributed by atoms with Crippen LogP contribution in [0.5, 0.6) is 0 Å². The second-order valence-electron chi connectivity index (χ2n) is 9.45. The Kier molecular flexibility index (Phi) is 8.20. The lowest BCUT2D eigenvalue weighted by atomic mass is 9.79. The Bertz CT molecular complexity index is 887. The van der Waals surface area contributed by atoms with Gasteiger partial charge in [-0.05, 0) is 80.2 Å². The predicted molar refractivity (Wildman–Crippen MR) is 125 cm³/mol. The molecule has 1 saturated heterocycles. The smallest absolute Gasteiger partial charge is 0.160 e. The lowest BCUT2D eigenvalue weighted by molar-refractivity contribution is -0.230. The fraction of sp³-hybridized carbons (Fsp3) is 0.556. The monoisotopic (exact) mass is 462 g/mol. The first-order valence-corrected chi connectivity index (χ1v) is 12.4. The molecule has 2 aromatic carbocycles. The molecule has 0 amide bonds. The standard InChI is InChI=1S/C27H33ClF2O2/c1-2-3-20-16-31-27(32-17-20)21-9-6-18(7-10-21)4-5-19-8-12-23(25(29)14-19)22-11-13-24(28)26(30)15-22/h8,11-15,18,20-21,27H,2-7,9-10,16-17H2,1H3. The molecule has 2 aliphatic rings. The summed E-state index contributed by atoms with van der Waals surface area (Å²) in [5, 5.41) is 0.0443. The maximum absolute atomic E-state index is 14.7. The van der Waals surface area contributed by atoms with Crippen molar-refractivity contribution in [3.8, 4) is 11.1 Å². The van der Waals surface area contributed by atoms with Crippen LogP contribution in [0.25, 0.3) is 11.1 Å². The molecule has 174 valence electrons. The summed E-state index contributed by atoms with van der Waals surface area (Å²) in [7, 11) is 0. The highest BCUT2D eigenvalue weighted by Gasteiger charge is 2.32. The van der Waals surface area contributed by atoms with Crippen LogP contribution in [0.15, 0.2) is 36.4 Å². The third-order valence-corrected chi connectivity index (χ3v) is 7.38. The van der Waals surface area contributed by atoms with Crippen LogP contribution in [0.1, 0.15) is 57.4 Å². The summed E-state index contributed by atoms with van der Waals surface area (Å²) in [6, 6.07) is 9.67. The van der Waals surface area contributed by atoms with Gasteiger partial charge in [-0.25, -0.2) is 8.78 Å². The molecule has 0 N–H and O–H groups in total. The van der Waals surface area contributed by atoms with Crippen molar-refractivity contribution >= 4 is 11.6 Å². The third-order valence-electron chi connectivity index (χ3n) is 7.07. The van der Waals surface area contributed by atoms with Gasteiger partial charge in [0.05, 0.1) is 18.2 Å². The number of rotatable bonds is 7. The molecular formula is C27H33ClF2O2. The van der Waals surface area contributed by atoms with Crippen molar-refractivity contribution in [3.05, 3.63) is 58.6 Å². The molecule has 4 rings (SSSR count). The fourth-order valence-corrected chi connectivity index (χ4v) is 5.25. The van der Waals surface area contributed by atoms with Gasteiger partial charge in [-0.15, -0.1) is 0 Å². The van der Waals surface area contributed by atoms with Crippen molar-refractivity contribution in [2.75, 3.05) is 13.2 Å². The molecule has 0 spiro atoms. The molecule has 0 unspecified atom stereocenters. The number of hydrogen-bond acceptors (Lipinski definition) is 2. The maximum Gasteiger partial charge on any atom is 0.160 e. The molecule has 0 bridgehead atoms. The summed E-state index contributed by atoms with van der Waals surface area (Å²) < 4.78 is 40.5. The highest BCUT2D eigenvalue weighted by atomic mass is 35.5. The van der Waals surface area contributed by atoms with Crippen LogP contribution in [0, 0.1) is 29.4 Å². The van der Waals surface area contributed by atoms with E-state index >= 15 is 0 Å². The van der Waals surface area contributed by atoms with Gasteiger partial charge in [0, 0.05) is 17.4 Å². The van der Waals surface area contributed by atoms with Crippen LogP contribution in [-0.2, 0) is 15.9 Å². The first-order valence-electron chi connectivity index (χ1n) is 12.0. The average Bonchev–Trinajstić information content (AvgIpc) is 2.81. The van der Waals surface area contributed by atoms with E-state index in [4.69, 9.17) is 21.1 Å². The number of aryl methyl sites for hydroxylation is 1. The predicted octanol–water partition coefficient (Wildman–Crippen LogP) is 7.81. The van der Waals surface area contributed by atoms with Gasteiger partial charge in [-0.1, -0.05) is 43.1 Å². The SMILES string of the molecule is CCCC1COC(C2CCC(CCc3ccc(-c4ccc(Cl)c(F)c4)c(F)c3)CC2)OC1. The van der Waals surface area contributed by atoms with E-state index in [0.29, 0.717) is 28.9 Å². The van der Waals surface area contributed by atoms with Gasteiger partial charge in [0.1, 0.15) is 11.6 Å². The number of ether oxygens (including phenoxy) is 2. The van der Waals surface area contributed by atoms with Crippen molar-refractivity contribution in [1.82, 2.24) is 0 Å². The van der Waals surface area contributed by atoms with E-state index in [9.17, 15) is 8.78 Å². The molecule has 2 aromatic rings. The highest BCUT2D eigenvalue weighted by molar-refractivity contribution is 6.30. The van der Waals surface area contributed by atoms with Gasteiger partial charge in [0.25, 0.3) is 0 Å². The zero-order valence-electron chi connectivity index (χ0n) is 18.8. The summed E-state index contributed by atoms with van der Waals surface area (Å²) in [5.41, 5.74) is 1.89. The van der Waals surface area contributed by atoms with Crippen molar-refractivity contribution < 1.29 is 18.3 Å². The third kappa shape index (κ3) is 5.89. The van der Waals surface area contributed by atoms with Crippen molar-refractivity contribution in [2.24, 2.45) is 17.8 Å². The van der Waals surface area contributed by atoms with Crippen LogP contribution >= 0.6 is 11.6 Å². The molecule has 2 fully saturated rings. The molecule has 1 aliphatic heterocycles. The molecular weight excluding hydrogens is 430 g/mol. The molecule has 0 radical (unpaired) electrons. The average molecular weight is 463 g/mol. The minimum Gasteiger partial charge on any atom is -0.352 e. The van der Waals surface area contributed by atoms with Crippen LogP contribution in [0.2, 0.25) is 5.02 Å². The lowest BCUT2D eigenvalue weighted by Gasteiger charge is -2.37. The summed E-state index contributed by atoms with van der Waals surface area (Å²) in [5.74, 6) is 0.869. The van der Waals surface area contributed by atoms with Gasteiger partial charge in [0.2, 0.25) is 0 Å². The van der Waals surface area contributed by atoms with Crippen molar-refractivity contribution in [1.29, 1.82) is 0 Å². The van der Waals surface area contributed by atoms with Crippen LogP contribution in [0.3, 0.4) is 0 Å². The largest absolute Gasteiger partial charge is 0.352 e. The van der Waals surface area contributed by atoms with Crippen LogP contribution in [0.4, 0.5) is 8.78 Å². The van der Waals surface area contributed by atoms with Crippen LogP contribution < -0.4 is 0 Å². The molecule has 5 heteroatoms. The van der Waals surface area contributed by atoms with Gasteiger partial charge < -0.3 is 9.47 Å². The topological polar surface area (TPSA) is 18.5 Å². The zero-order valence-corrected chi connectivity index (χ0v) is 19.6. The van der Waals surface area contributed by atoms with E-state index in [1.165, 1.54) is 37.8 Å². The second kappa shape index (κ2) is 11.1. The summed E-state index contributed by atoms with van der Waals surface area (Å²) in [6.07, 6.45) is 8.89. The Balaban J connectivity index is 1.24. The zero-order chi connectivity index (χ0) is 22.5. The van der Waals surface area contributed by atoms with E-state index in [2.05, 4.69) is 6.92 Å². The van der Waals surface area contributed by atoms with Gasteiger partial charge in [0.15, 0.2) is 6.29 Å². The number of hydrogen-bond donors (Lipinski definition) is 0. The normalized spacial score (nSPS) is 26.2. The molecule has 32 heavy (non-hydrogen) atoms. The van der Waals surface area contributed by atoms with Gasteiger partial charge in [-0.2, -0.15) is 0 Å². The van der Waals surface area contributed by atoms with Gasteiger partial charge in [-0.3, -0.25) is 0 Å². The molecule has 1 saturated carbocycles. The second-order valence-corrected chi connectivity index (χ2v) is 9.86. The minimum atomic E-state index is -0.534. The van der Waals surface area contributed by atoms with E-state index < -0.39 is 5.82 Å². The Hall–Kier alpha value is -1.49. The van der Waals surface area contributed by atoms with Crippen molar-refractivity contribution in [2.45, 2.75) is 64.6 Å². The van der Waals surface area contributed by atoms with Crippen molar-refractivity contribution in [3.63, 3.8) is 0 Å². The fourth-order valence-electron chi connectivity index (χ4n) is 5.14. The number of benzene rings is 2. The summed E-state index contributed by atoms with van der Waals surface area (Å²) in [4.78, 5) is 0. The first-order chi connectivity index (χ1) is 15.5. The Morgan fingerprint density at radius 3 is 2.28 bits per heavy atom. The summed E-state index contributed by atoms with van der Waals surface area (Å²) in [6.45, 7) is 3.88. The Labute approximate surface area is 195 Å². The molecule has 1 aliphatic carbocycles. The van der Waals surface area contributed by atoms with E-state index in [1.54, 1.807) is 18.2 Å². The Morgan fingerprint density at radius 2 is 1.62 bits per heavy atom. The molecule has 0 atom stereocenters. The quantitative estimate of drug-likeness (QED) is 0.417. The Morgan fingerprint density at radius 1 is 0.875 bits per heavy atom. The summed E-state index contributed by atoms with van der Waals surface area (Å²) >= 11 is 5.74. The highest BCUT2D eigenvalue weighted by Crippen LogP contribution is 2.36. The van der Waals surface area contributed by atoms with Crippen LogP contribution in [-0.4, -0.2) is 19.5 Å². The number of halogens is 3. The van der Waals surface area contributed by atoms with E-state index in [0.717, 1.165) is 44.5 Å².